The zero-order valence-electron chi connectivity index (χ0n) is 41.9. The molecule has 2 N–H and O–H groups in total. The highest BCUT2D eigenvalue weighted by molar-refractivity contribution is 5.93. The molecule has 0 radical (unpaired) electrons. The van der Waals surface area contributed by atoms with Gasteiger partial charge in [0.25, 0.3) is 0 Å². The van der Waals surface area contributed by atoms with Gasteiger partial charge in [-0.15, -0.1) is 6.58 Å². The monoisotopic (exact) mass is 1010 g/mol. The summed E-state index contributed by atoms with van der Waals surface area (Å²) in [4.78, 5) is 40.2. The Balaban J connectivity index is -0.0000000272. The Labute approximate surface area is 444 Å². The fourth-order valence-corrected chi connectivity index (χ4v) is 2.95. The van der Waals surface area contributed by atoms with Crippen LogP contribution in [0, 0.1) is 0 Å². The Bertz CT molecular complexity index is 1080. The third kappa shape index (κ3) is 144. The van der Waals surface area contributed by atoms with Crippen LogP contribution in [0.15, 0.2) is 73.3 Å². The lowest BCUT2D eigenvalue weighted by Gasteiger charge is -2.13. The number of ketones is 2. The van der Waals surface area contributed by atoms with E-state index in [2.05, 4.69) is 68.6 Å². The molecule has 0 aliphatic heterocycles. The molecule has 0 saturated carbocycles. The molecular formula is C60H135NO9. The molecule has 0 aromatic heterocycles. The lowest BCUT2D eigenvalue weighted by atomic mass is 10.2. The van der Waals surface area contributed by atoms with E-state index in [1.54, 1.807) is 26.8 Å². The van der Waals surface area contributed by atoms with Gasteiger partial charge in [-0.2, -0.15) is 0 Å². The molecule has 70 heavy (non-hydrogen) atoms. The van der Waals surface area contributed by atoms with E-state index in [4.69, 9.17) is 19.3 Å². The number of rotatable bonds is 16. The van der Waals surface area contributed by atoms with Gasteiger partial charge in [0.2, 0.25) is 5.91 Å². The summed E-state index contributed by atoms with van der Waals surface area (Å²) < 4.78 is 20.0. The van der Waals surface area contributed by atoms with Gasteiger partial charge in [0.15, 0.2) is 5.78 Å². The largest absolute Gasteiger partial charge is 0.466 e. The van der Waals surface area contributed by atoms with E-state index < -0.39 is 0 Å². The predicted octanol–water partition coefficient (Wildman–Crippen LogP) is 18.5. The standard InChI is InChI=1S/C9H18O2.C8H8O.C8H10.C6H14O2.C4H9NO.C4H8O2.C4H8O.C3H8.2C2H6.10CH4/c1-4-7-11-9(5-2)8-10-6-3;1-7(9)8-5-3-2-4-6-8;1-2-8-6-4-3-5-7-8;1-3-6(7)5-8-4-2;1-3-5-4(2)6;1-3-6-4(2)5;1-3-4(2)5;1-3-2;2*1-2;;;;;;;;;;/h4,9H,1,5-8H2,2-3H3;2-6H,1H3;3-7H,2H2,1H3;6-7H,3-5H2,1-2H3;3H2,1-2H3,(H,5,6);3H2,1-2H3;3H2,1-2H3;3H2,1-2H3;2*1-2H3;10*1H4. The summed E-state index contributed by atoms with van der Waals surface area (Å²) in [6, 6.07) is 19.7. The minimum Gasteiger partial charge on any atom is -0.466 e. The van der Waals surface area contributed by atoms with E-state index >= 15 is 0 Å². The molecule has 434 valence electrons. The Morgan fingerprint density at radius 2 is 0.971 bits per heavy atom. The molecule has 2 aromatic rings. The summed E-state index contributed by atoms with van der Waals surface area (Å²) in [7, 11) is 0. The number of Topliss-reactive ketones (excluding diaryl/α,β-unsaturated/α-hetero) is 2. The summed E-state index contributed by atoms with van der Waals surface area (Å²) in [6.45, 7) is 41.9. The van der Waals surface area contributed by atoms with Gasteiger partial charge in [0.1, 0.15) is 5.78 Å². The van der Waals surface area contributed by atoms with Crippen LogP contribution in [-0.2, 0) is 39.8 Å². The molecule has 10 nitrogen and oxygen atoms in total. The van der Waals surface area contributed by atoms with E-state index in [0.29, 0.717) is 39.5 Å². The van der Waals surface area contributed by atoms with Crippen LogP contribution in [0.2, 0.25) is 0 Å². The van der Waals surface area contributed by atoms with Crippen LogP contribution in [0.25, 0.3) is 0 Å². The van der Waals surface area contributed by atoms with Crippen LogP contribution in [0.5, 0.6) is 0 Å². The molecule has 0 saturated heterocycles. The molecule has 0 spiro atoms. The van der Waals surface area contributed by atoms with E-state index in [9.17, 15) is 19.2 Å². The molecule has 2 aromatic carbocycles. The average molecular weight is 1010 g/mol. The number of aliphatic hydroxyl groups excluding tert-OH is 1. The van der Waals surface area contributed by atoms with Crippen molar-refractivity contribution in [3.05, 3.63) is 84.4 Å². The van der Waals surface area contributed by atoms with Crippen molar-refractivity contribution >= 4 is 23.4 Å². The average Bonchev–Trinajstić information content (AvgIpc) is 3.26. The lowest BCUT2D eigenvalue weighted by Crippen LogP contribution is -2.18. The quantitative estimate of drug-likeness (QED) is 0.0956. The number of benzene rings is 2. The molecule has 0 aliphatic carbocycles. The van der Waals surface area contributed by atoms with Gasteiger partial charge in [-0.3, -0.25) is 14.4 Å². The highest BCUT2D eigenvalue weighted by atomic mass is 16.5. The fourth-order valence-electron chi connectivity index (χ4n) is 2.95. The summed E-state index contributed by atoms with van der Waals surface area (Å²) in [5.74, 6) is 0.204. The van der Waals surface area contributed by atoms with Crippen LogP contribution in [0.3, 0.4) is 0 Å². The normalized spacial score (nSPS) is 8.10. The van der Waals surface area contributed by atoms with Crippen LogP contribution in [-0.4, -0.2) is 86.9 Å². The second-order valence-corrected chi connectivity index (χ2v) is 11.6. The Morgan fingerprint density at radius 1 is 0.600 bits per heavy atom. The molecular weight excluding hydrogens is 879 g/mol. The van der Waals surface area contributed by atoms with Gasteiger partial charge in [-0.05, 0) is 66.4 Å². The molecule has 1 amide bonds. The number of ether oxygens (including phenoxy) is 4. The van der Waals surface area contributed by atoms with Gasteiger partial charge >= 0.3 is 5.97 Å². The Kier molecular flexibility index (Phi) is 200. The van der Waals surface area contributed by atoms with E-state index in [1.165, 1.54) is 25.8 Å². The van der Waals surface area contributed by atoms with Gasteiger partial charge in [-0.25, -0.2) is 0 Å². The number of amides is 1. The Morgan fingerprint density at radius 3 is 1.16 bits per heavy atom. The first-order valence-corrected chi connectivity index (χ1v) is 22.1. The SMILES string of the molecule is C.C.C.C.C.C.C.C.C.C.C=CCOC(CC)COCC.CC.CC.CC(=O)c1ccccc1.CCC.CCC(C)=O.CCNC(C)=O.CCOC(C)=O.CCOCC(O)CC.CCc1ccccc1. The van der Waals surface area contributed by atoms with Crippen LogP contribution >= 0.6 is 0 Å². The number of nitrogens with one attached hydrogen (secondary N) is 1. The van der Waals surface area contributed by atoms with Crippen molar-refractivity contribution in [2.75, 3.05) is 46.2 Å². The molecule has 2 rings (SSSR count). The number of aryl methyl sites for hydroxylation is 1. The van der Waals surface area contributed by atoms with E-state index in [-0.39, 0.29) is 110 Å². The zero-order valence-corrected chi connectivity index (χ0v) is 41.9. The summed E-state index contributed by atoms with van der Waals surface area (Å²) in [5, 5.41) is 11.4. The predicted molar refractivity (Wildman–Crippen MR) is 325 cm³/mol. The van der Waals surface area contributed by atoms with Gasteiger partial charge in [0.05, 0.1) is 38.6 Å². The highest BCUT2D eigenvalue weighted by Crippen LogP contribution is 1.99. The molecule has 0 fully saturated rings. The van der Waals surface area contributed by atoms with Gasteiger partial charge in [-0.1, -0.05) is 217 Å². The van der Waals surface area contributed by atoms with Crippen molar-refractivity contribution in [2.45, 2.75) is 243 Å². The van der Waals surface area contributed by atoms with Crippen molar-refractivity contribution in [1.82, 2.24) is 5.32 Å². The molecule has 2 unspecified atom stereocenters. The maximum atomic E-state index is 10.6. The van der Waals surface area contributed by atoms with Crippen molar-refractivity contribution in [3.8, 4) is 0 Å². The van der Waals surface area contributed by atoms with E-state index in [1.807, 2.05) is 98.7 Å². The molecule has 10 heteroatoms. The first-order chi connectivity index (χ1) is 28.6. The fraction of sp³-hybridized carbons (Fsp3) is 0.700. The first kappa shape index (κ1) is 121. The van der Waals surface area contributed by atoms with Crippen molar-refractivity contribution < 1.29 is 43.2 Å². The number of carbonyl (C=O) groups is 4. The Hall–Kier alpha value is -3.70. The minimum atomic E-state index is -0.269. The third-order valence-corrected chi connectivity index (χ3v) is 6.10. The number of hydrogen-bond donors (Lipinski definition) is 2. The topological polar surface area (TPSA) is 137 Å². The molecule has 2 atom stereocenters. The molecule has 0 bridgehead atoms. The van der Waals surface area contributed by atoms with Crippen LogP contribution in [0.1, 0.15) is 240 Å². The first-order valence-electron chi connectivity index (χ1n) is 22.1. The second-order valence-electron chi connectivity index (χ2n) is 11.6. The van der Waals surface area contributed by atoms with Crippen molar-refractivity contribution in [3.63, 3.8) is 0 Å². The van der Waals surface area contributed by atoms with E-state index in [0.717, 1.165) is 38.0 Å². The highest BCUT2D eigenvalue weighted by Gasteiger charge is 2.04. The van der Waals surface area contributed by atoms with Gasteiger partial charge in [0, 0.05) is 45.6 Å². The maximum absolute atomic E-state index is 10.6. The summed E-state index contributed by atoms with van der Waals surface area (Å²) in [6.07, 6.45) is 6.55. The lowest BCUT2D eigenvalue weighted by molar-refractivity contribution is -0.140. The smallest absolute Gasteiger partial charge is 0.302 e. The van der Waals surface area contributed by atoms with Crippen LogP contribution in [0.4, 0.5) is 0 Å². The molecule has 0 heterocycles. The third-order valence-electron chi connectivity index (χ3n) is 6.10. The number of hydrogen-bond acceptors (Lipinski definition) is 9. The maximum Gasteiger partial charge on any atom is 0.302 e. The van der Waals surface area contributed by atoms with Crippen LogP contribution < -0.4 is 5.32 Å². The number of aliphatic hydroxyl groups is 1. The zero-order chi connectivity index (χ0) is 48.4. The van der Waals surface area contributed by atoms with Crippen molar-refractivity contribution in [2.24, 2.45) is 0 Å². The minimum absolute atomic E-state index is 0. The number of esters is 1. The summed E-state index contributed by atoms with van der Waals surface area (Å²) in [5.41, 5.74) is 2.19. The molecule has 0 aliphatic rings. The summed E-state index contributed by atoms with van der Waals surface area (Å²) >= 11 is 0. The number of carbonyl (C=O) groups excluding carboxylic acids is 4. The van der Waals surface area contributed by atoms with Crippen molar-refractivity contribution in [1.29, 1.82) is 0 Å². The van der Waals surface area contributed by atoms with Gasteiger partial charge < -0.3 is 34.2 Å². The second kappa shape index (κ2) is 116.